The van der Waals surface area contributed by atoms with Gasteiger partial charge in [0.05, 0.1) is 18.6 Å². The molecule has 1 saturated heterocycles. The molecule has 146 valence electrons. The van der Waals surface area contributed by atoms with E-state index >= 15 is 0 Å². The van der Waals surface area contributed by atoms with Crippen LogP contribution in [0, 0.1) is 6.92 Å². The average molecular weight is 383 g/mol. The van der Waals surface area contributed by atoms with Crippen molar-refractivity contribution in [3.05, 3.63) is 29.3 Å². The van der Waals surface area contributed by atoms with Gasteiger partial charge < -0.3 is 15.4 Å². The predicted molar refractivity (Wildman–Crippen MR) is 106 cm³/mol. The second kappa shape index (κ2) is 9.78. The molecule has 1 heterocycles. The minimum absolute atomic E-state index is 0.262. The monoisotopic (exact) mass is 382 g/mol. The van der Waals surface area contributed by atoms with Crippen molar-refractivity contribution >= 4 is 15.8 Å². The fourth-order valence-electron chi connectivity index (χ4n) is 2.95. The van der Waals surface area contributed by atoms with Crippen LogP contribution in [0.25, 0.3) is 0 Å². The fourth-order valence-corrected chi connectivity index (χ4v) is 4.22. The van der Waals surface area contributed by atoms with Crippen LogP contribution in [0.2, 0.25) is 0 Å². The number of guanidine groups is 1. The van der Waals surface area contributed by atoms with Crippen LogP contribution in [0.3, 0.4) is 0 Å². The van der Waals surface area contributed by atoms with Crippen LogP contribution in [0.4, 0.5) is 0 Å². The normalized spacial score (nSPS) is 17.7. The molecule has 0 radical (unpaired) electrons. The number of aliphatic imine (C=N–C) groups is 1. The molecule has 1 aliphatic heterocycles. The Hall–Kier alpha value is -1.80. The van der Waals surface area contributed by atoms with Gasteiger partial charge in [0.25, 0.3) is 0 Å². The SMILES string of the molecule is CN=C(NCCc1cc(C)ccc1OC)NCCN1CCS(=O)(=O)CC1. The van der Waals surface area contributed by atoms with Crippen LogP contribution < -0.4 is 15.4 Å². The number of methoxy groups -OCH3 is 1. The zero-order chi connectivity index (χ0) is 19.0. The number of ether oxygens (including phenoxy) is 1. The van der Waals surface area contributed by atoms with Crippen LogP contribution >= 0.6 is 0 Å². The highest BCUT2D eigenvalue weighted by Gasteiger charge is 2.20. The van der Waals surface area contributed by atoms with E-state index in [0.29, 0.717) is 13.1 Å². The molecule has 1 aromatic rings. The summed E-state index contributed by atoms with van der Waals surface area (Å²) in [6.07, 6.45) is 0.843. The Labute approximate surface area is 156 Å². The van der Waals surface area contributed by atoms with Gasteiger partial charge in [-0.25, -0.2) is 8.42 Å². The molecular formula is C18H30N4O3S. The molecule has 0 aromatic heterocycles. The van der Waals surface area contributed by atoms with Gasteiger partial charge in [-0.3, -0.25) is 9.89 Å². The number of sulfone groups is 1. The molecular weight excluding hydrogens is 352 g/mol. The van der Waals surface area contributed by atoms with Crippen LogP contribution in [0.1, 0.15) is 11.1 Å². The second-order valence-electron chi connectivity index (χ2n) is 6.48. The van der Waals surface area contributed by atoms with Crippen molar-refractivity contribution in [2.45, 2.75) is 13.3 Å². The molecule has 1 fully saturated rings. The van der Waals surface area contributed by atoms with Gasteiger partial charge in [-0.15, -0.1) is 0 Å². The van der Waals surface area contributed by atoms with E-state index < -0.39 is 9.84 Å². The summed E-state index contributed by atoms with van der Waals surface area (Å²) in [5.74, 6) is 2.18. The van der Waals surface area contributed by atoms with Gasteiger partial charge in [-0.1, -0.05) is 17.7 Å². The summed E-state index contributed by atoms with van der Waals surface area (Å²) in [5.41, 5.74) is 2.39. The standard InChI is InChI=1S/C18H30N4O3S/c1-15-4-5-17(25-3)16(14-15)6-7-20-18(19-2)21-8-9-22-10-12-26(23,24)13-11-22/h4-5,14H,6-13H2,1-3H3,(H2,19,20,21). The maximum atomic E-state index is 11.4. The summed E-state index contributed by atoms with van der Waals surface area (Å²) in [6.45, 7) is 5.59. The molecule has 1 aromatic carbocycles. The van der Waals surface area contributed by atoms with Gasteiger partial charge in [-0.05, 0) is 25.0 Å². The van der Waals surface area contributed by atoms with E-state index in [1.807, 2.05) is 12.1 Å². The van der Waals surface area contributed by atoms with Gasteiger partial charge >= 0.3 is 0 Å². The third-order valence-electron chi connectivity index (χ3n) is 4.50. The van der Waals surface area contributed by atoms with Gasteiger partial charge in [0.15, 0.2) is 15.8 Å². The lowest BCUT2D eigenvalue weighted by molar-refractivity contribution is 0.299. The Morgan fingerprint density at radius 3 is 2.58 bits per heavy atom. The highest BCUT2D eigenvalue weighted by Crippen LogP contribution is 2.19. The molecule has 2 rings (SSSR count). The molecule has 26 heavy (non-hydrogen) atoms. The third kappa shape index (κ3) is 6.49. The minimum atomic E-state index is -2.82. The Morgan fingerprint density at radius 1 is 1.23 bits per heavy atom. The molecule has 0 atom stereocenters. The highest BCUT2D eigenvalue weighted by molar-refractivity contribution is 7.91. The maximum absolute atomic E-state index is 11.4. The lowest BCUT2D eigenvalue weighted by Crippen LogP contribution is -2.46. The largest absolute Gasteiger partial charge is 0.496 e. The lowest BCUT2D eigenvalue weighted by atomic mass is 10.1. The van der Waals surface area contributed by atoms with E-state index in [4.69, 9.17) is 4.74 Å². The van der Waals surface area contributed by atoms with Crippen molar-refractivity contribution in [3.8, 4) is 5.75 Å². The molecule has 0 amide bonds. The Bertz CT molecular complexity index is 705. The molecule has 0 saturated carbocycles. The van der Waals surface area contributed by atoms with E-state index in [-0.39, 0.29) is 11.5 Å². The predicted octanol–water partition coefficient (Wildman–Crippen LogP) is 0.442. The summed E-state index contributed by atoms with van der Waals surface area (Å²) in [4.78, 5) is 6.40. The van der Waals surface area contributed by atoms with E-state index in [2.05, 4.69) is 33.5 Å². The van der Waals surface area contributed by atoms with Crippen LogP contribution in [-0.2, 0) is 16.3 Å². The number of hydrogen-bond acceptors (Lipinski definition) is 5. The summed E-state index contributed by atoms with van der Waals surface area (Å²) in [5, 5.41) is 6.59. The van der Waals surface area contributed by atoms with E-state index in [1.54, 1.807) is 14.2 Å². The maximum Gasteiger partial charge on any atom is 0.191 e. The quantitative estimate of drug-likeness (QED) is 0.526. The van der Waals surface area contributed by atoms with Crippen LogP contribution in [0.15, 0.2) is 23.2 Å². The van der Waals surface area contributed by atoms with Gasteiger partial charge in [0, 0.05) is 39.8 Å². The zero-order valence-electron chi connectivity index (χ0n) is 15.9. The number of rotatable bonds is 7. The highest BCUT2D eigenvalue weighted by atomic mass is 32.2. The molecule has 0 spiro atoms. The Kier molecular flexibility index (Phi) is 7.71. The van der Waals surface area contributed by atoms with Crippen molar-refractivity contribution in [3.63, 3.8) is 0 Å². The molecule has 8 heteroatoms. The number of benzene rings is 1. The average Bonchev–Trinajstić information content (AvgIpc) is 2.62. The van der Waals surface area contributed by atoms with E-state index in [1.165, 1.54) is 11.1 Å². The molecule has 7 nitrogen and oxygen atoms in total. The number of aryl methyl sites for hydroxylation is 1. The minimum Gasteiger partial charge on any atom is -0.496 e. The van der Waals surface area contributed by atoms with Crippen molar-refractivity contribution in [2.24, 2.45) is 4.99 Å². The summed E-state index contributed by atoms with van der Waals surface area (Å²) >= 11 is 0. The summed E-state index contributed by atoms with van der Waals surface area (Å²) in [7, 11) is 0.617. The zero-order valence-corrected chi connectivity index (χ0v) is 16.7. The van der Waals surface area contributed by atoms with E-state index in [9.17, 15) is 8.42 Å². The number of nitrogens with one attached hydrogen (secondary N) is 2. The number of nitrogens with zero attached hydrogens (tertiary/aromatic N) is 2. The van der Waals surface area contributed by atoms with Crippen LogP contribution in [-0.4, -0.2) is 77.7 Å². The first-order valence-corrected chi connectivity index (χ1v) is 10.8. The molecule has 1 aliphatic rings. The second-order valence-corrected chi connectivity index (χ2v) is 8.79. The lowest BCUT2D eigenvalue weighted by Gasteiger charge is -2.26. The Balaban J connectivity index is 1.71. The first-order chi connectivity index (χ1) is 12.4. The first kappa shape index (κ1) is 20.5. The van der Waals surface area contributed by atoms with Crippen molar-refractivity contribution in [1.29, 1.82) is 0 Å². The van der Waals surface area contributed by atoms with Crippen LogP contribution in [0.5, 0.6) is 5.75 Å². The summed E-state index contributed by atoms with van der Waals surface area (Å²) < 4.78 is 28.3. The topological polar surface area (TPSA) is 83.0 Å². The first-order valence-electron chi connectivity index (χ1n) is 8.94. The summed E-state index contributed by atoms with van der Waals surface area (Å²) in [6, 6.07) is 6.18. The molecule has 0 aliphatic carbocycles. The molecule has 0 bridgehead atoms. The van der Waals surface area contributed by atoms with Crippen molar-refractivity contribution in [2.75, 3.05) is 58.4 Å². The Morgan fingerprint density at radius 2 is 1.92 bits per heavy atom. The van der Waals surface area contributed by atoms with Gasteiger partial charge in [-0.2, -0.15) is 0 Å². The molecule has 2 N–H and O–H groups in total. The fraction of sp³-hybridized carbons (Fsp3) is 0.611. The van der Waals surface area contributed by atoms with Gasteiger partial charge in [0.2, 0.25) is 0 Å². The van der Waals surface area contributed by atoms with Crippen molar-refractivity contribution in [1.82, 2.24) is 15.5 Å². The van der Waals surface area contributed by atoms with E-state index in [0.717, 1.165) is 37.8 Å². The van der Waals surface area contributed by atoms with Gasteiger partial charge in [0.1, 0.15) is 5.75 Å². The third-order valence-corrected chi connectivity index (χ3v) is 6.11. The number of hydrogen-bond donors (Lipinski definition) is 2. The molecule has 0 unspecified atom stereocenters. The van der Waals surface area contributed by atoms with Crippen molar-refractivity contribution < 1.29 is 13.2 Å². The smallest absolute Gasteiger partial charge is 0.191 e.